The number of hydrogen-bond donors (Lipinski definition) is 3. The van der Waals surface area contributed by atoms with E-state index in [9.17, 15) is 0 Å². The minimum atomic E-state index is 0.272. The maximum atomic E-state index is 5.81. The van der Waals surface area contributed by atoms with Crippen LogP contribution in [0.25, 0.3) is 0 Å². The quantitative estimate of drug-likeness (QED) is 0.281. The number of nitrogens with two attached hydrogens (primary N) is 1. The van der Waals surface area contributed by atoms with E-state index >= 15 is 0 Å². The number of unbranched alkanes of at least 4 members (excludes halogenated alkanes) is 12. The molecule has 0 spiro atoms. The Hall–Kier alpha value is -1.59. The Morgan fingerprint density at radius 2 is 0.926 bits per heavy atom. The molecule has 0 amide bonds. The first-order valence-corrected chi connectivity index (χ1v) is 11.3. The fourth-order valence-electron chi connectivity index (χ4n) is 3.12. The third kappa shape index (κ3) is 13.3. The second kappa shape index (κ2) is 16.6. The summed E-state index contributed by atoms with van der Waals surface area (Å²) in [4.78, 5) is 12.8. The molecule has 6 nitrogen and oxygen atoms in total. The SMILES string of the molecule is CCCCCCCCCNc1nc(N)nc(NCCCCCCCCC)n1. The molecule has 1 rings (SSSR count). The van der Waals surface area contributed by atoms with Crippen molar-refractivity contribution in [1.82, 2.24) is 15.0 Å². The van der Waals surface area contributed by atoms with Crippen molar-refractivity contribution in [2.45, 2.75) is 104 Å². The lowest BCUT2D eigenvalue weighted by Crippen LogP contribution is -2.12. The lowest BCUT2D eigenvalue weighted by Gasteiger charge is -2.09. The van der Waals surface area contributed by atoms with Gasteiger partial charge in [0, 0.05) is 13.1 Å². The normalized spacial score (nSPS) is 10.9. The minimum Gasteiger partial charge on any atom is -0.368 e. The summed E-state index contributed by atoms with van der Waals surface area (Å²) in [5.41, 5.74) is 5.81. The van der Waals surface area contributed by atoms with Gasteiger partial charge in [-0.15, -0.1) is 0 Å². The first-order chi connectivity index (χ1) is 13.3. The highest BCUT2D eigenvalue weighted by Crippen LogP contribution is 2.10. The molecule has 4 N–H and O–H groups in total. The van der Waals surface area contributed by atoms with Crippen LogP contribution in [0.4, 0.5) is 17.8 Å². The molecule has 0 aliphatic rings. The molecule has 0 bridgehead atoms. The van der Waals surface area contributed by atoms with Crippen LogP contribution in [0.3, 0.4) is 0 Å². The van der Waals surface area contributed by atoms with Crippen LogP contribution in [0.15, 0.2) is 0 Å². The van der Waals surface area contributed by atoms with Crippen molar-refractivity contribution in [2.75, 3.05) is 29.5 Å². The highest BCUT2D eigenvalue weighted by Gasteiger charge is 2.03. The monoisotopic (exact) mass is 378 g/mol. The molecule has 156 valence electrons. The molecule has 6 heteroatoms. The Kier molecular flexibility index (Phi) is 14.4. The van der Waals surface area contributed by atoms with Crippen molar-refractivity contribution in [3.63, 3.8) is 0 Å². The molecule has 0 aliphatic carbocycles. The maximum Gasteiger partial charge on any atom is 0.229 e. The van der Waals surface area contributed by atoms with Crippen molar-refractivity contribution in [1.29, 1.82) is 0 Å². The van der Waals surface area contributed by atoms with E-state index in [-0.39, 0.29) is 5.95 Å². The number of rotatable bonds is 18. The number of hydrogen-bond acceptors (Lipinski definition) is 6. The Morgan fingerprint density at radius 1 is 0.556 bits per heavy atom. The molecule has 0 atom stereocenters. The van der Waals surface area contributed by atoms with Gasteiger partial charge in [0.15, 0.2) is 0 Å². The van der Waals surface area contributed by atoms with Crippen LogP contribution in [-0.2, 0) is 0 Å². The Bertz CT molecular complexity index is 428. The van der Waals surface area contributed by atoms with Crippen LogP contribution in [0, 0.1) is 0 Å². The van der Waals surface area contributed by atoms with Gasteiger partial charge < -0.3 is 16.4 Å². The molecule has 0 radical (unpaired) electrons. The largest absolute Gasteiger partial charge is 0.368 e. The maximum absolute atomic E-state index is 5.81. The highest BCUT2D eigenvalue weighted by molar-refractivity contribution is 5.39. The molecule has 0 aromatic carbocycles. The summed E-state index contributed by atoms with van der Waals surface area (Å²) in [7, 11) is 0. The zero-order chi connectivity index (χ0) is 19.6. The second-order valence-corrected chi connectivity index (χ2v) is 7.44. The molecule has 0 saturated carbocycles. The zero-order valence-corrected chi connectivity index (χ0v) is 17.7. The van der Waals surface area contributed by atoms with Crippen molar-refractivity contribution in [2.24, 2.45) is 0 Å². The van der Waals surface area contributed by atoms with E-state index in [1.807, 2.05) is 0 Å². The van der Waals surface area contributed by atoms with Crippen molar-refractivity contribution < 1.29 is 0 Å². The molecule has 0 fully saturated rings. The van der Waals surface area contributed by atoms with E-state index in [1.54, 1.807) is 0 Å². The smallest absolute Gasteiger partial charge is 0.229 e. The fraction of sp³-hybridized carbons (Fsp3) is 0.857. The van der Waals surface area contributed by atoms with Crippen LogP contribution in [0.1, 0.15) is 104 Å². The van der Waals surface area contributed by atoms with Gasteiger partial charge in [-0.1, -0.05) is 90.9 Å². The molecule has 27 heavy (non-hydrogen) atoms. The standard InChI is InChI=1S/C21H42N6/c1-3-5-7-9-11-13-15-17-23-20-25-19(22)26-21(27-20)24-18-16-14-12-10-8-6-4-2/h3-18H2,1-2H3,(H4,22,23,24,25,26,27). The second-order valence-electron chi connectivity index (χ2n) is 7.44. The molecular weight excluding hydrogens is 336 g/mol. The topological polar surface area (TPSA) is 88.8 Å². The fourth-order valence-corrected chi connectivity index (χ4v) is 3.12. The third-order valence-corrected chi connectivity index (χ3v) is 4.78. The number of nitrogen functional groups attached to an aromatic ring is 1. The van der Waals surface area contributed by atoms with E-state index in [1.165, 1.54) is 77.0 Å². The Balaban J connectivity index is 2.14. The molecule has 1 heterocycles. The van der Waals surface area contributed by atoms with Crippen molar-refractivity contribution >= 4 is 17.8 Å². The third-order valence-electron chi connectivity index (χ3n) is 4.78. The van der Waals surface area contributed by atoms with E-state index in [0.29, 0.717) is 11.9 Å². The Labute approximate surface area is 166 Å². The molecule has 0 aliphatic heterocycles. The van der Waals surface area contributed by atoms with E-state index in [4.69, 9.17) is 5.73 Å². The van der Waals surface area contributed by atoms with E-state index in [2.05, 4.69) is 39.4 Å². The number of anilines is 3. The predicted octanol–water partition coefficient (Wildman–Crippen LogP) is 5.78. The van der Waals surface area contributed by atoms with Gasteiger partial charge in [0.1, 0.15) is 0 Å². The predicted molar refractivity (Wildman–Crippen MR) is 117 cm³/mol. The average molecular weight is 379 g/mol. The number of nitrogens with zero attached hydrogens (tertiary/aromatic N) is 3. The zero-order valence-electron chi connectivity index (χ0n) is 17.7. The lowest BCUT2D eigenvalue weighted by molar-refractivity contribution is 0.595. The van der Waals surface area contributed by atoms with Crippen LogP contribution >= 0.6 is 0 Å². The van der Waals surface area contributed by atoms with Crippen molar-refractivity contribution in [3.8, 4) is 0 Å². The van der Waals surface area contributed by atoms with Crippen LogP contribution in [0.5, 0.6) is 0 Å². The number of nitrogens with one attached hydrogen (secondary N) is 2. The summed E-state index contributed by atoms with van der Waals surface area (Å²) in [6.45, 7) is 6.27. The van der Waals surface area contributed by atoms with Gasteiger partial charge in [-0.3, -0.25) is 0 Å². The van der Waals surface area contributed by atoms with Crippen LogP contribution < -0.4 is 16.4 Å². The highest BCUT2D eigenvalue weighted by atomic mass is 15.2. The van der Waals surface area contributed by atoms with Crippen LogP contribution in [0.2, 0.25) is 0 Å². The lowest BCUT2D eigenvalue weighted by atomic mass is 10.1. The Morgan fingerprint density at radius 3 is 1.33 bits per heavy atom. The van der Waals surface area contributed by atoms with Gasteiger partial charge in [-0.05, 0) is 12.8 Å². The molecular formula is C21H42N6. The van der Waals surface area contributed by atoms with Gasteiger partial charge in [-0.2, -0.15) is 15.0 Å². The summed E-state index contributed by atoms with van der Waals surface area (Å²) < 4.78 is 0. The summed E-state index contributed by atoms with van der Waals surface area (Å²) in [6.07, 6.45) is 18.1. The molecule has 0 unspecified atom stereocenters. The first-order valence-electron chi connectivity index (χ1n) is 11.3. The van der Waals surface area contributed by atoms with Crippen molar-refractivity contribution in [3.05, 3.63) is 0 Å². The van der Waals surface area contributed by atoms with E-state index in [0.717, 1.165) is 25.9 Å². The van der Waals surface area contributed by atoms with Crippen LogP contribution in [-0.4, -0.2) is 28.0 Å². The summed E-state index contributed by atoms with van der Waals surface area (Å²) in [5.74, 6) is 1.43. The summed E-state index contributed by atoms with van der Waals surface area (Å²) in [6, 6.07) is 0. The van der Waals surface area contributed by atoms with Gasteiger partial charge in [0.25, 0.3) is 0 Å². The molecule has 1 aromatic rings. The average Bonchev–Trinajstić information content (AvgIpc) is 2.65. The molecule has 0 saturated heterocycles. The molecule has 1 aromatic heterocycles. The summed E-state index contributed by atoms with van der Waals surface area (Å²) >= 11 is 0. The van der Waals surface area contributed by atoms with Gasteiger partial charge in [-0.25, -0.2) is 0 Å². The summed E-state index contributed by atoms with van der Waals surface area (Å²) in [5, 5.41) is 6.55. The minimum absolute atomic E-state index is 0.272. The number of aromatic nitrogens is 3. The van der Waals surface area contributed by atoms with Gasteiger partial charge in [0.05, 0.1) is 0 Å². The van der Waals surface area contributed by atoms with Gasteiger partial charge in [0.2, 0.25) is 17.8 Å². The van der Waals surface area contributed by atoms with E-state index < -0.39 is 0 Å². The van der Waals surface area contributed by atoms with Gasteiger partial charge >= 0.3 is 0 Å². The first kappa shape index (κ1) is 23.4.